The van der Waals surface area contributed by atoms with Crippen LogP contribution in [-0.2, 0) is 24.1 Å². The smallest absolute Gasteiger partial charge is 0.341 e. The maximum Gasteiger partial charge on any atom is 0.341 e. The molecule has 0 bridgehead atoms. The summed E-state index contributed by atoms with van der Waals surface area (Å²) in [6.45, 7) is 2.71. The second kappa shape index (κ2) is 8.64. The molecule has 0 unspecified atom stereocenters. The van der Waals surface area contributed by atoms with Gasteiger partial charge in [-0.3, -0.25) is 0 Å². The number of rotatable bonds is 4. The van der Waals surface area contributed by atoms with Crippen molar-refractivity contribution in [3.05, 3.63) is 51.4 Å². The zero-order chi connectivity index (χ0) is 18.5. The number of thiophene rings is 1. The predicted molar refractivity (Wildman–Crippen MR) is 111 cm³/mol. The lowest BCUT2D eigenvalue weighted by Gasteiger charge is -2.11. The minimum absolute atomic E-state index is 0.284. The van der Waals surface area contributed by atoms with Crippen molar-refractivity contribution >= 4 is 39.6 Å². The van der Waals surface area contributed by atoms with Crippen LogP contribution < -0.4 is 10.6 Å². The zero-order valence-electron chi connectivity index (χ0n) is 15.2. The SMILES string of the molecule is COC(=O)c1c(NC(=S)NCc2ccc(C)cc2)sc2c1CCCCC2. The molecule has 0 radical (unpaired) electrons. The minimum atomic E-state index is -0.284. The number of hydrogen-bond donors (Lipinski definition) is 2. The Morgan fingerprint density at radius 3 is 2.65 bits per heavy atom. The topological polar surface area (TPSA) is 50.4 Å². The van der Waals surface area contributed by atoms with E-state index in [0.717, 1.165) is 35.4 Å². The first-order valence-corrected chi connectivity index (χ1v) is 10.1. The molecule has 3 rings (SSSR count). The molecule has 2 N–H and O–H groups in total. The van der Waals surface area contributed by atoms with Gasteiger partial charge in [0.1, 0.15) is 5.00 Å². The van der Waals surface area contributed by atoms with E-state index in [1.54, 1.807) is 11.3 Å². The number of fused-ring (bicyclic) bond motifs is 1. The number of thiocarbonyl (C=S) groups is 1. The summed E-state index contributed by atoms with van der Waals surface area (Å²) in [4.78, 5) is 13.6. The van der Waals surface area contributed by atoms with Crippen LogP contribution in [0, 0.1) is 6.92 Å². The van der Waals surface area contributed by atoms with Gasteiger partial charge in [-0.15, -0.1) is 11.3 Å². The lowest BCUT2D eigenvalue weighted by atomic mass is 10.1. The van der Waals surface area contributed by atoms with Crippen molar-refractivity contribution < 1.29 is 9.53 Å². The van der Waals surface area contributed by atoms with E-state index in [4.69, 9.17) is 17.0 Å². The molecule has 0 spiro atoms. The summed E-state index contributed by atoms with van der Waals surface area (Å²) in [5.74, 6) is -0.284. The third kappa shape index (κ3) is 4.43. The Labute approximate surface area is 164 Å². The fourth-order valence-electron chi connectivity index (χ4n) is 3.18. The van der Waals surface area contributed by atoms with Crippen LogP contribution in [0.4, 0.5) is 5.00 Å². The van der Waals surface area contributed by atoms with Crippen molar-refractivity contribution in [2.24, 2.45) is 0 Å². The number of benzene rings is 1. The number of carbonyl (C=O) groups excluding carboxylic acids is 1. The van der Waals surface area contributed by atoms with Crippen LogP contribution >= 0.6 is 23.6 Å². The van der Waals surface area contributed by atoms with Crippen LogP contribution in [0.15, 0.2) is 24.3 Å². The number of anilines is 1. The van der Waals surface area contributed by atoms with Gasteiger partial charge in [0.2, 0.25) is 0 Å². The standard InChI is InChI=1S/C20H24N2O2S2/c1-13-8-10-14(11-9-13)12-21-20(25)22-18-17(19(23)24-2)15-6-4-3-5-7-16(15)26-18/h8-11H,3-7,12H2,1-2H3,(H2,21,22,25). The zero-order valence-corrected chi connectivity index (χ0v) is 16.8. The summed E-state index contributed by atoms with van der Waals surface area (Å²) < 4.78 is 5.03. The van der Waals surface area contributed by atoms with Crippen LogP contribution in [0.25, 0.3) is 0 Å². The van der Waals surface area contributed by atoms with Gasteiger partial charge in [0.05, 0.1) is 12.7 Å². The van der Waals surface area contributed by atoms with Crippen molar-refractivity contribution in [3.8, 4) is 0 Å². The highest BCUT2D eigenvalue weighted by Crippen LogP contribution is 2.37. The van der Waals surface area contributed by atoms with E-state index < -0.39 is 0 Å². The van der Waals surface area contributed by atoms with Gasteiger partial charge in [-0.05, 0) is 56.0 Å². The largest absolute Gasteiger partial charge is 0.465 e. The maximum atomic E-state index is 12.4. The molecule has 0 amide bonds. The quantitative estimate of drug-likeness (QED) is 0.455. The lowest BCUT2D eigenvalue weighted by molar-refractivity contribution is 0.0601. The van der Waals surface area contributed by atoms with E-state index in [0.29, 0.717) is 17.2 Å². The van der Waals surface area contributed by atoms with Crippen LogP contribution in [0.1, 0.15) is 51.2 Å². The summed E-state index contributed by atoms with van der Waals surface area (Å²) in [5, 5.41) is 7.76. The fourth-order valence-corrected chi connectivity index (χ4v) is 4.70. The third-order valence-corrected chi connectivity index (χ3v) is 6.07. The first kappa shape index (κ1) is 18.9. The van der Waals surface area contributed by atoms with Gasteiger partial charge in [-0.2, -0.15) is 0 Å². The Hall–Kier alpha value is -1.92. The number of hydrogen-bond acceptors (Lipinski definition) is 4. The van der Waals surface area contributed by atoms with Crippen molar-refractivity contribution in [1.82, 2.24) is 5.32 Å². The third-order valence-electron chi connectivity index (χ3n) is 4.61. The molecule has 26 heavy (non-hydrogen) atoms. The summed E-state index contributed by atoms with van der Waals surface area (Å²) in [7, 11) is 1.43. The molecule has 0 saturated heterocycles. The van der Waals surface area contributed by atoms with Crippen LogP contribution in [0.3, 0.4) is 0 Å². The van der Waals surface area contributed by atoms with Crippen LogP contribution in [-0.4, -0.2) is 18.2 Å². The lowest BCUT2D eigenvalue weighted by Crippen LogP contribution is -2.28. The van der Waals surface area contributed by atoms with Gasteiger partial charge >= 0.3 is 5.97 Å². The predicted octanol–water partition coefficient (Wildman–Crippen LogP) is 4.60. The summed E-state index contributed by atoms with van der Waals surface area (Å²) >= 11 is 7.07. The van der Waals surface area contributed by atoms with Gasteiger partial charge in [0.15, 0.2) is 5.11 Å². The Bertz CT molecular complexity index is 797. The van der Waals surface area contributed by atoms with E-state index in [1.165, 1.54) is 30.4 Å². The molecular formula is C20H24N2O2S2. The molecule has 2 aromatic rings. The van der Waals surface area contributed by atoms with E-state index in [2.05, 4.69) is 41.8 Å². The van der Waals surface area contributed by atoms with Crippen molar-refractivity contribution in [3.63, 3.8) is 0 Å². The Morgan fingerprint density at radius 2 is 1.92 bits per heavy atom. The number of ether oxygens (including phenoxy) is 1. The fraction of sp³-hybridized carbons (Fsp3) is 0.400. The molecule has 1 aliphatic carbocycles. The molecule has 1 heterocycles. The minimum Gasteiger partial charge on any atom is -0.465 e. The van der Waals surface area contributed by atoms with E-state index in [1.807, 2.05) is 0 Å². The Kier molecular flexibility index (Phi) is 6.27. The molecule has 0 saturated carbocycles. The van der Waals surface area contributed by atoms with Gasteiger partial charge < -0.3 is 15.4 Å². The summed E-state index contributed by atoms with van der Waals surface area (Å²) in [6.07, 6.45) is 5.45. The van der Waals surface area contributed by atoms with E-state index in [9.17, 15) is 4.79 Å². The number of aryl methyl sites for hydroxylation is 2. The molecule has 1 aromatic heterocycles. The normalized spacial score (nSPS) is 13.5. The molecule has 1 aromatic carbocycles. The van der Waals surface area contributed by atoms with Gasteiger partial charge in [0.25, 0.3) is 0 Å². The monoisotopic (exact) mass is 388 g/mol. The number of nitrogens with one attached hydrogen (secondary N) is 2. The molecule has 4 nitrogen and oxygen atoms in total. The molecule has 138 valence electrons. The number of esters is 1. The highest BCUT2D eigenvalue weighted by atomic mass is 32.1. The second-order valence-corrected chi connectivity index (χ2v) is 8.07. The number of carbonyl (C=O) groups is 1. The second-order valence-electron chi connectivity index (χ2n) is 6.55. The molecule has 0 aliphatic heterocycles. The Morgan fingerprint density at radius 1 is 1.19 bits per heavy atom. The van der Waals surface area contributed by atoms with E-state index in [-0.39, 0.29) is 5.97 Å². The summed E-state index contributed by atoms with van der Waals surface area (Å²) in [5.41, 5.74) is 4.20. The molecule has 0 atom stereocenters. The van der Waals surface area contributed by atoms with Crippen molar-refractivity contribution in [1.29, 1.82) is 0 Å². The average molecular weight is 389 g/mol. The summed E-state index contributed by atoms with van der Waals surface area (Å²) in [6, 6.07) is 8.33. The molecule has 6 heteroatoms. The highest BCUT2D eigenvalue weighted by molar-refractivity contribution is 7.80. The molecule has 1 aliphatic rings. The first-order valence-electron chi connectivity index (χ1n) is 8.91. The highest BCUT2D eigenvalue weighted by Gasteiger charge is 2.25. The van der Waals surface area contributed by atoms with Crippen molar-refractivity contribution in [2.45, 2.75) is 45.6 Å². The number of methoxy groups -OCH3 is 1. The maximum absolute atomic E-state index is 12.4. The van der Waals surface area contributed by atoms with Crippen molar-refractivity contribution in [2.75, 3.05) is 12.4 Å². The van der Waals surface area contributed by atoms with Gasteiger partial charge in [-0.25, -0.2) is 4.79 Å². The van der Waals surface area contributed by atoms with Gasteiger partial charge in [0, 0.05) is 11.4 Å². The van der Waals surface area contributed by atoms with Crippen LogP contribution in [0.2, 0.25) is 0 Å². The average Bonchev–Trinajstić information content (AvgIpc) is 2.81. The van der Waals surface area contributed by atoms with Crippen LogP contribution in [0.5, 0.6) is 0 Å². The first-order chi connectivity index (χ1) is 12.6. The van der Waals surface area contributed by atoms with Gasteiger partial charge in [-0.1, -0.05) is 36.2 Å². The molecule has 0 fully saturated rings. The van der Waals surface area contributed by atoms with E-state index >= 15 is 0 Å². The molecular weight excluding hydrogens is 364 g/mol. The Balaban J connectivity index is 1.72.